The molecule has 4 rings (SSSR count). The number of hydrogen-bond acceptors (Lipinski definition) is 3. The third kappa shape index (κ3) is 2.67. The van der Waals surface area contributed by atoms with Gasteiger partial charge in [0.05, 0.1) is 12.5 Å². The lowest BCUT2D eigenvalue weighted by Crippen LogP contribution is -2.32. The molecule has 124 valence electrons. The van der Waals surface area contributed by atoms with Crippen molar-refractivity contribution < 1.29 is 9.90 Å². The molecule has 4 heteroatoms. The monoisotopic (exact) mass is 322 g/mol. The Hall–Kier alpha value is -2.33. The summed E-state index contributed by atoms with van der Waals surface area (Å²) in [6.45, 7) is 3.13. The molecule has 2 aromatic rings. The van der Waals surface area contributed by atoms with Crippen molar-refractivity contribution in [1.82, 2.24) is 5.32 Å². The second-order valence-corrected chi connectivity index (χ2v) is 6.91. The molecule has 0 radical (unpaired) electrons. The number of rotatable bonds is 3. The fourth-order valence-electron chi connectivity index (χ4n) is 4.18. The second-order valence-electron chi connectivity index (χ2n) is 6.91. The standard InChI is InChI=1S/C20H22N2O2/c1-12-3-2-4-14(9-12)19-15-7-8-21-20(15)16-10-13(11-18(23)24)5-6-17(16)22-19/h2-6,9-10,15,19-22H,7-8,11H2,1H3,(H,23,24). The van der Waals surface area contributed by atoms with Gasteiger partial charge in [-0.25, -0.2) is 0 Å². The van der Waals surface area contributed by atoms with Gasteiger partial charge >= 0.3 is 5.97 Å². The van der Waals surface area contributed by atoms with Gasteiger partial charge in [-0.1, -0.05) is 42.0 Å². The molecule has 4 nitrogen and oxygen atoms in total. The second kappa shape index (κ2) is 5.95. The van der Waals surface area contributed by atoms with E-state index in [-0.39, 0.29) is 6.42 Å². The molecule has 0 spiro atoms. The highest BCUT2D eigenvalue weighted by Gasteiger charge is 2.40. The zero-order valence-electron chi connectivity index (χ0n) is 13.8. The van der Waals surface area contributed by atoms with Crippen LogP contribution in [0, 0.1) is 12.8 Å². The van der Waals surface area contributed by atoms with Crippen molar-refractivity contribution in [2.75, 3.05) is 11.9 Å². The average Bonchev–Trinajstić information content (AvgIpc) is 3.03. The van der Waals surface area contributed by atoms with Crippen LogP contribution in [0.2, 0.25) is 0 Å². The van der Waals surface area contributed by atoms with Crippen molar-refractivity contribution >= 4 is 11.7 Å². The van der Waals surface area contributed by atoms with Gasteiger partial charge in [-0.05, 0) is 42.6 Å². The first-order chi connectivity index (χ1) is 11.6. The largest absolute Gasteiger partial charge is 0.481 e. The lowest BCUT2D eigenvalue weighted by Gasteiger charge is -2.37. The van der Waals surface area contributed by atoms with Crippen molar-refractivity contribution in [2.24, 2.45) is 5.92 Å². The normalized spacial score (nSPS) is 24.8. The van der Waals surface area contributed by atoms with Gasteiger partial charge in [-0.2, -0.15) is 0 Å². The minimum Gasteiger partial charge on any atom is -0.481 e. The number of fused-ring (bicyclic) bond motifs is 3. The van der Waals surface area contributed by atoms with E-state index < -0.39 is 5.97 Å². The van der Waals surface area contributed by atoms with Crippen LogP contribution in [0.5, 0.6) is 0 Å². The fraction of sp³-hybridized carbons (Fsp3) is 0.350. The van der Waals surface area contributed by atoms with E-state index in [4.69, 9.17) is 5.11 Å². The molecule has 0 bridgehead atoms. The summed E-state index contributed by atoms with van der Waals surface area (Å²) in [5.41, 5.74) is 5.80. The van der Waals surface area contributed by atoms with Gasteiger partial charge in [-0.15, -0.1) is 0 Å². The highest BCUT2D eigenvalue weighted by molar-refractivity contribution is 5.71. The number of carboxylic acids is 1. The quantitative estimate of drug-likeness (QED) is 0.810. The van der Waals surface area contributed by atoms with E-state index in [1.807, 2.05) is 12.1 Å². The zero-order valence-corrected chi connectivity index (χ0v) is 13.8. The van der Waals surface area contributed by atoms with Crippen molar-refractivity contribution in [3.8, 4) is 0 Å². The van der Waals surface area contributed by atoms with Crippen molar-refractivity contribution in [1.29, 1.82) is 0 Å². The van der Waals surface area contributed by atoms with Crippen molar-refractivity contribution in [3.05, 3.63) is 64.7 Å². The van der Waals surface area contributed by atoms with Crippen LogP contribution in [0.4, 0.5) is 5.69 Å². The Labute approximate surface area is 141 Å². The summed E-state index contributed by atoms with van der Waals surface area (Å²) in [6.07, 6.45) is 1.20. The maximum Gasteiger partial charge on any atom is 0.307 e. The van der Waals surface area contributed by atoms with Crippen LogP contribution in [0.15, 0.2) is 42.5 Å². The third-order valence-electron chi connectivity index (χ3n) is 5.22. The molecule has 1 saturated heterocycles. The van der Waals surface area contributed by atoms with Gasteiger partial charge < -0.3 is 15.7 Å². The number of carbonyl (C=O) groups is 1. The maximum atomic E-state index is 11.0. The van der Waals surface area contributed by atoms with Crippen molar-refractivity contribution in [3.63, 3.8) is 0 Å². The third-order valence-corrected chi connectivity index (χ3v) is 5.22. The molecule has 0 saturated carbocycles. The highest BCUT2D eigenvalue weighted by atomic mass is 16.4. The Balaban J connectivity index is 1.72. The highest BCUT2D eigenvalue weighted by Crippen LogP contribution is 2.47. The summed E-state index contributed by atoms with van der Waals surface area (Å²) >= 11 is 0. The van der Waals surface area contributed by atoms with Crippen LogP contribution in [0.25, 0.3) is 0 Å². The van der Waals surface area contributed by atoms with Gasteiger partial charge in [0, 0.05) is 17.6 Å². The molecular formula is C20H22N2O2. The minimum absolute atomic E-state index is 0.0754. The van der Waals surface area contributed by atoms with Crippen LogP contribution >= 0.6 is 0 Å². The van der Waals surface area contributed by atoms with E-state index in [0.29, 0.717) is 18.0 Å². The summed E-state index contributed by atoms with van der Waals surface area (Å²) in [5.74, 6) is -0.299. The first-order valence-electron chi connectivity index (χ1n) is 8.53. The zero-order chi connectivity index (χ0) is 16.7. The number of hydrogen-bond donors (Lipinski definition) is 3. The molecule has 2 aliphatic heterocycles. The smallest absolute Gasteiger partial charge is 0.307 e. The van der Waals surface area contributed by atoms with Crippen LogP contribution in [-0.4, -0.2) is 17.6 Å². The van der Waals surface area contributed by atoms with Crippen LogP contribution in [0.3, 0.4) is 0 Å². The molecule has 1 fully saturated rings. The van der Waals surface area contributed by atoms with E-state index in [0.717, 1.165) is 24.2 Å². The minimum atomic E-state index is -0.785. The molecule has 24 heavy (non-hydrogen) atoms. The predicted octanol–water partition coefficient (Wildman–Crippen LogP) is 3.44. The van der Waals surface area contributed by atoms with Gasteiger partial charge in [0.1, 0.15) is 0 Å². The summed E-state index contributed by atoms with van der Waals surface area (Å²) in [4.78, 5) is 11.0. The molecule has 2 aromatic carbocycles. The van der Waals surface area contributed by atoms with Gasteiger partial charge in [0.2, 0.25) is 0 Å². The first kappa shape index (κ1) is 15.2. The van der Waals surface area contributed by atoms with Crippen molar-refractivity contribution in [2.45, 2.75) is 31.8 Å². The van der Waals surface area contributed by atoms with E-state index >= 15 is 0 Å². The molecule has 2 aliphatic rings. The summed E-state index contributed by atoms with van der Waals surface area (Å²) < 4.78 is 0. The number of nitrogens with one attached hydrogen (secondary N) is 2. The molecule has 3 unspecified atom stereocenters. The van der Waals surface area contributed by atoms with E-state index in [1.54, 1.807) is 0 Å². The molecule has 0 aromatic heterocycles. The fourth-order valence-corrected chi connectivity index (χ4v) is 4.18. The van der Waals surface area contributed by atoms with Gasteiger partial charge in [0.15, 0.2) is 0 Å². The number of carboxylic acid groups (broad SMARTS) is 1. The Bertz CT molecular complexity index is 787. The Morgan fingerprint density at radius 1 is 1.21 bits per heavy atom. The molecule has 2 heterocycles. The number of anilines is 1. The summed E-state index contributed by atoms with van der Waals surface area (Å²) in [6, 6.07) is 15.3. The summed E-state index contributed by atoms with van der Waals surface area (Å²) in [7, 11) is 0. The number of aliphatic carboxylic acids is 1. The lowest BCUT2D eigenvalue weighted by molar-refractivity contribution is -0.136. The Morgan fingerprint density at radius 2 is 2.08 bits per heavy atom. The van der Waals surface area contributed by atoms with E-state index in [9.17, 15) is 4.79 Å². The first-order valence-corrected chi connectivity index (χ1v) is 8.53. The molecule has 0 amide bonds. The predicted molar refractivity (Wildman–Crippen MR) is 94.2 cm³/mol. The SMILES string of the molecule is Cc1cccc(C2Nc3ccc(CC(=O)O)cc3C3NCCC23)c1. The topological polar surface area (TPSA) is 61.4 Å². The van der Waals surface area contributed by atoms with Crippen LogP contribution < -0.4 is 10.6 Å². The Kier molecular flexibility index (Phi) is 3.77. The molecular weight excluding hydrogens is 300 g/mol. The van der Waals surface area contributed by atoms with Crippen LogP contribution in [-0.2, 0) is 11.2 Å². The number of benzene rings is 2. The molecule has 3 N–H and O–H groups in total. The van der Waals surface area contributed by atoms with E-state index in [1.165, 1.54) is 16.7 Å². The summed E-state index contributed by atoms with van der Waals surface area (Å²) in [5, 5.41) is 16.4. The van der Waals surface area contributed by atoms with E-state index in [2.05, 4.69) is 47.9 Å². The molecule has 3 atom stereocenters. The Morgan fingerprint density at radius 3 is 2.88 bits per heavy atom. The lowest BCUT2D eigenvalue weighted by atomic mass is 9.79. The van der Waals surface area contributed by atoms with Gasteiger partial charge in [-0.3, -0.25) is 4.79 Å². The van der Waals surface area contributed by atoms with Crippen LogP contribution in [0.1, 0.15) is 40.8 Å². The average molecular weight is 322 g/mol. The maximum absolute atomic E-state index is 11.0. The number of aryl methyl sites for hydroxylation is 1. The molecule has 0 aliphatic carbocycles. The van der Waals surface area contributed by atoms with Gasteiger partial charge in [0.25, 0.3) is 0 Å².